The van der Waals surface area contributed by atoms with Gasteiger partial charge in [0, 0.05) is 29.6 Å². The van der Waals surface area contributed by atoms with Crippen molar-refractivity contribution in [2.24, 2.45) is 0 Å². The van der Waals surface area contributed by atoms with Crippen molar-refractivity contribution in [3.63, 3.8) is 0 Å². The largest absolute Gasteiger partial charge is 0.870 e. The normalized spacial score (nSPS) is 9.82. The molecule has 2 aromatic carbocycles. The molecule has 0 spiro atoms. The molecule has 0 amide bonds. The van der Waals surface area contributed by atoms with Crippen molar-refractivity contribution in [2.75, 3.05) is 26.4 Å². The Morgan fingerprint density at radius 3 is 1.95 bits per heavy atom. The molecule has 0 atom stereocenters. The minimum Gasteiger partial charge on any atom is -0.870 e. The first kappa shape index (κ1) is 18.6. The number of phenolic OH excluding ortho intramolecular Hbond substituents is 1. The van der Waals surface area contributed by atoms with Gasteiger partial charge in [0.15, 0.2) is 11.5 Å². The average Bonchev–Trinajstić information content (AvgIpc) is 2.50. The molecule has 5 nitrogen and oxygen atoms in total. The molecule has 2 aromatic rings. The molecule has 113 valence electrons. The van der Waals surface area contributed by atoms with Crippen LogP contribution in [0.25, 0.3) is 0 Å². The van der Waals surface area contributed by atoms with Gasteiger partial charge in [-0.05, 0) is 18.2 Å². The Kier molecular flexibility index (Phi) is 8.77. The smallest absolute Gasteiger partial charge is 0.161 e. The summed E-state index contributed by atoms with van der Waals surface area (Å²) in [6.45, 7) is 1.36. The molecule has 0 aliphatic heterocycles. The van der Waals surface area contributed by atoms with E-state index in [-0.39, 0.29) is 41.1 Å². The maximum atomic E-state index is 11.4. The number of rotatable bonds is 8. The van der Waals surface area contributed by atoms with Gasteiger partial charge in [-0.25, -0.2) is 0 Å². The molecule has 0 unspecified atom stereocenters. The van der Waals surface area contributed by atoms with E-state index in [0.29, 0.717) is 37.9 Å². The Morgan fingerprint density at radius 1 is 0.773 bits per heavy atom. The first-order chi connectivity index (χ1) is 10.3. The van der Waals surface area contributed by atoms with Crippen LogP contribution in [0.5, 0.6) is 23.0 Å². The number of ether oxygens (including phenoxy) is 3. The first-order valence-corrected chi connectivity index (χ1v) is 6.65. The third-order valence-electron chi connectivity index (χ3n) is 2.68. The van der Waals surface area contributed by atoms with Crippen LogP contribution >= 0.6 is 0 Å². The van der Waals surface area contributed by atoms with E-state index >= 15 is 0 Å². The molecule has 0 saturated carbocycles. The summed E-state index contributed by atoms with van der Waals surface area (Å²) in [5.41, 5.74) is 0. The van der Waals surface area contributed by atoms with Gasteiger partial charge in [-0.3, -0.25) is 0 Å². The van der Waals surface area contributed by atoms with E-state index in [2.05, 4.69) is 0 Å². The number of hydrogen-bond donors (Lipinski definition) is 1. The standard InChI is InChI=1S/C16H18O5.Na/c17-13-5-1-3-7-15(13)20-11-9-19-10-12-21-16-8-4-2-6-14(16)18;/h1-8,17-18H,9-12H2;/p-1. The van der Waals surface area contributed by atoms with Crippen molar-refractivity contribution in [2.45, 2.75) is 0 Å². The summed E-state index contributed by atoms with van der Waals surface area (Å²) in [4.78, 5) is 0. The van der Waals surface area contributed by atoms with Gasteiger partial charge in [-0.1, -0.05) is 36.1 Å². The first-order valence-electron chi connectivity index (χ1n) is 6.65. The topological polar surface area (TPSA) is 71.0 Å². The Morgan fingerprint density at radius 2 is 1.32 bits per heavy atom. The molecular weight excluding hydrogens is 295 g/mol. The molecule has 1 radical (unpaired) electrons. The third kappa shape index (κ3) is 6.15. The van der Waals surface area contributed by atoms with Crippen LogP contribution in [0.3, 0.4) is 0 Å². The molecule has 22 heavy (non-hydrogen) atoms. The monoisotopic (exact) mass is 312 g/mol. The second-order valence-electron chi connectivity index (χ2n) is 4.22. The number of phenols is 1. The van der Waals surface area contributed by atoms with E-state index in [0.717, 1.165) is 0 Å². The van der Waals surface area contributed by atoms with Crippen molar-refractivity contribution < 1.29 is 24.4 Å². The fourth-order valence-corrected chi connectivity index (χ4v) is 1.67. The minimum atomic E-state index is -0.139. The maximum Gasteiger partial charge on any atom is 0.161 e. The number of para-hydroxylation sites is 4. The van der Waals surface area contributed by atoms with E-state index < -0.39 is 0 Å². The zero-order valence-electron chi connectivity index (χ0n) is 12.5. The van der Waals surface area contributed by atoms with Crippen molar-refractivity contribution in [3.05, 3.63) is 48.5 Å². The van der Waals surface area contributed by atoms with E-state index in [1.807, 2.05) is 0 Å². The average molecular weight is 312 g/mol. The van der Waals surface area contributed by atoms with Crippen LogP contribution in [0.15, 0.2) is 48.5 Å². The molecule has 0 aliphatic rings. The van der Waals surface area contributed by atoms with Gasteiger partial charge in [0.25, 0.3) is 0 Å². The third-order valence-corrected chi connectivity index (χ3v) is 2.68. The summed E-state index contributed by atoms with van der Waals surface area (Å²) in [5.74, 6) is 0.720. The fourth-order valence-electron chi connectivity index (χ4n) is 1.67. The summed E-state index contributed by atoms with van der Waals surface area (Å²) in [7, 11) is 0. The summed E-state index contributed by atoms with van der Waals surface area (Å²) in [5, 5.41) is 20.9. The van der Waals surface area contributed by atoms with Gasteiger partial charge in [0.1, 0.15) is 19.0 Å². The molecule has 0 fully saturated rings. The molecule has 6 heteroatoms. The van der Waals surface area contributed by atoms with Crippen molar-refractivity contribution in [3.8, 4) is 23.0 Å². The van der Waals surface area contributed by atoms with E-state index in [1.165, 1.54) is 6.07 Å². The summed E-state index contributed by atoms with van der Waals surface area (Å²) in [6, 6.07) is 13.3. The molecule has 0 aromatic heterocycles. The zero-order valence-corrected chi connectivity index (χ0v) is 14.5. The predicted octanol–water partition coefficient (Wildman–Crippen LogP) is 1.56. The Bertz CT molecular complexity index is 512. The van der Waals surface area contributed by atoms with E-state index in [4.69, 9.17) is 14.2 Å². The molecule has 0 saturated heterocycles. The quantitative estimate of drug-likeness (QED) is 0.592. The van der Waals surface area contributed by atoms with Crippen LogP contribution in [-0.2, 0) is 4.74 Å². The zero-order chi connectivity index (χ0) is 14.9. The number of benzene rings is 2. The van der Waals surface area contributed by atoms with Crippen molar-refractivity contribution >= 4 is 29.6 Å². The fraction of sp³-hybridized carbons (Fsp3) is 0.250. The van der Waals surface area contributed by atoms with Gasteiger partial charge in [0.2, 0.25) is 0 Å². The SMILES string of the molecule is [Na].[O-]c1ccccc1OCCOCCOc1ccccc1O. The molecule has 0 aliphatic carbocycles. The van der Waals surface area contributed by atoms with Crippen LogP contribution in [0.1, 0.15) is 0 Å². The maximum absolute atomic E-state index is 11.4. The second-order valence-corrected chi connectivity index (χ2v) is 4.22. The van der Waals surface area contributed by atoms with Crippen LogP contribution in [0.4, 0.5) is 0 Å². The predicted molar refractivity (Wildman–Crippen MR) is 81.6 cm³/mol. The summed E-state index contributed by atoms with van der Waals surface area (Å²) < 4.78 is 16.0. The van der Waals surface area contributed by atoms with Gasteiger partial charge < -0.3 is 24.4 Å². The molecule has 2 rings (SSSR count). The van der Waals surface area contributed by atoms with Crippen LogP contribution in [0, 0.1) is 0 Å². The van der Waals surface area contributed by atoms with Crippen LogP contribution in [0.2, 0.25) is 0 Å². The van der Waals surface area contributed by atoms with Crippen LogP contribution in [-0.4, -0.2) is 61.1 Å². The second kappa shape index (κ2) is 10.3. The molecule has 1 N–H and O–H groups in total. The Labute approximate surface area is 151 Å². The van der Waals surface area contributed by atoms with Gasteiger partial charge >= 0.3 is 0 Å². The minimum absolute atomic E-state index is 0. The number of aromatic hydroxyl groups is 1. The van der Waals surface area contributed by atoms with Crippen LogP contribution < -0.4 is 14.6 Å². The van der Waals surface area contributed by atoms with Crippen molar-refractivity contribution in [1.29, 1.82) is 0 Å². The Hall–Kier alpha value is -1.40. The van der Waals surface area contributed by atoms with E-state index in [1.54, 1.807) is 42.5 Å². The summed E-state index contributed by atoms with van der Waals surface area (Å²) in [6.07, 6.45) is 0. The molecule has 0 heterocycles. The molecular formula is C16H17NaO5-. The van der Waals surface area contributed by atoms with Crippen molar-refractivity contribution in [1.82, 2.24) is 0 Å². The van der Waals surface area contributed by atoms with E-state index in [9.17, 15) is 10.2 Å². The molecule has 0 bridgehead atoms. The summed E-state index contributed by atoms with van der Waals surface area (Å²) >= 11 is 0. The Balaban J connectivity index is 0.00000242. The van der Waals surface area contributed by atoms with Gasteiger partial charge in [-0.2, -0.15) is 0 Å². The number of hydrogen-bond acceptors (Lipinski definition) is 5. The van der Waals surface area contributed by atoms with Gasteiger partial charge in [0.05, 0.1) is 13.2 Å². The van der Waals surface area contributed by atoms with Gasteiger partial charge in [-0.15, -0.1) is 0 Å².